The molecule has 0 fully saturated rings. The Morgan fingerprint density at radius 3 is 2.50 bits per heavy atom. The Morgan fingerprint density at radius 2 is 1.80 bits per heavy atom. The van der Waals surface area contributed by atoms with Gasteiger partial charge in [0.25, 0.3) is 5.91 Å². The van der Waals surface area contributed by atoms with Gasteiger partial charge in [0.1, 0.15) is 0 Å². The highest BCUT2D eigenvalue weighted by Gasteiger charge is 2.27. The summed E-state index contributed by atoms with van der Waals surface area (Å²) in [5.41, 5.74) is 2.51. The minimum atomic E-state index is -3.54. The van der Waals surface area contributed by atoms with Gasteiger partial charge in [0.05, 0.1) is 23.3 Å². The van der Waals surface area contributed by atoms with Gasteiger partial charge in [0.15, 0.2) is 17.3 Å². The first-order valence-corrected chi connectivity index (χ1v) is 11.1. The van der Waals surface area contributed by atoms with Crippen LogP contribution in [0.4, 0.5) is 20.2 Å². The fourth-order valence-electron chi connectivity index (χ4n) is 3.51. The predicted octanol–water partition coefficient (Wildman–Crippen LogP) is 3.26. The van der Waals surface area contributed by atoms with Crippen LogP contribution in [0, 0.1) is 11.6 Å². The summed E-state index contributed by atoms with van der Waals surface area (Å²) in [6.07, 6.45) is 3.11. The summed E-state index contributed by atoms with van der Waals surface area (Å²) in [4.78, 5) is 13.0. The summed E-state index contributed by atoms with van der Waals surface area (Å²) < 4.78 is 54.0. The standard InChI is InChI=1S/C20H18F2N4O3S/c1-30(28,29)25-17-7-3-2-6-16(17)23-20(27)19-13-5-4-8-18(13)26(24-19)12-9-10-14(21)15(22)11-12/h2-3,6-7,9-11,25H,4-5,8H2,1H3,(H,23,27). The van der Waals surface area contributed by atoms with Crippen molar-refractivity contribution in [2.45, 2.75) is 19.3 Å². The van der Waals surface area contributed by atoms with Crippen molar-refractivity contribution < 1.29 is 22.0 Å². The summed E-state index contributed by atoms with van der Waals surface area (Å²) in [5.74, 6) is -2.48. The maximum absolute atomic E-state index is 13.7. The highest BCUT2D eigenvalue weighted by atomic mass is 32.2. The second kappa shape index (κ2) is 7.52. The topological polar surface area (TPSA) is 93.1 Å². The van der Waals surface area contributed by atoms with E-state index < -0.39 is 27.6 Å². The molecule has 0 unspecified atom stereocenters. The van der Waals surface area contributed by atoms with Crippen molar-refractivity contribution >= 4 is 27.3 Å². The van der Waals surface area contributed by atoms with Gasteiger partial charge < -0.3 is 5.32 Å². The maximum Gasteiger partial charge on any atom is 0.276 e. The number of halogens is 2. The van der Waals surface area contributed by atoms with Gasteiger partial charge in [-0.25, -0.2) is 21.9 Å². The molecule has 30 heavy (non-hydrogen) atoms. The van der Waals surface area contributed by atoms with E-state index in [-0.39, 0.29) is 17.1 Å². The number of sulfonamides is 1. The number of hydrogen-bond acceptors (Lipinski definition) is 4. The number of hydrogen-bond donors (Lipinski definition) is 2. The van der Waals surface area contributed by atoms with Crippen molar-refractivity contribution in [1.29, 1.82) is 0 Å². The molecule has 0 atom stereocenters. The highest BCUT2D eigenvalue weighted by molar-refractivity contribution is 7.92. The molecule has 1 aromatic heterocycles. The lowest BCUT2D eigenvalue weighted by atomic mass is 10.2. The van der Waals surface area contributed by atoms with Crippen LogP contribution in [-0.2, 0) is 22.9 Å². The lowest BCUT2D eigenvalue weighted by Gasteiger charge is -2.11. The van der Waals surface area contributed by atoms with Gasteiger partial charge in [0, 0.05) is 17.3 Å². The summed E-state index contributed by atoms with van der Waals surface area (Å²) in [6, 6.07) is 9.84. The molecule has 156 valence electrons. The fourth-order valence-corrected chi connectivity index (χ4v) is 4.09. The Balaban J connectivity index is 1.69. The highest BCUT2D eigenvalue weighted by Crippen LogP contribution is 2.30. The summed E-state index contributed by atoms with van der Waals surface area (Å²) in [7, 11) is -3.54. The number of rotatable bonds is 5. The van der Waals surface area contributed by atoms with Crippen molar-refractivity contribution in [1.82, 2.24) is 9.78 Å². The van der Waals surface area contributed by atoms with E-state index in [0.29, 0.717) is 18.5 Å². The second-order valence-electron chi connectivity index (χ2n) is 7.01. The van der Waals surface area contributed by atoms with E-state index in [4.69, 9.17) is 0 Å². The molecule has 3 aromatic rings. The van der Waals surface area contributed by atoms with Crippen molar-refractivity contribution in [3.8, 4) is 5.69 Å². The molecule has 1 heterocycles. The molecule has 0 saturated heterocycles. The van der Waals surface area contributed by atoms with Crippen molar-refractivity contribution in [3.63, 3.8) is 0 Å². The molecule has 0 radical (unpaired) electrons. The zero-order valence-electron chi connectivity index (χ0n) is 15.9. The van der Waals surface area contributed by atoms with Crippen LogP contribution in [0.15, 0.2) is 42.5 Å². The number of carbonyl (C=O) groups is 1. The molecule has 2 aromatic carbocycles. The van der Waals surface area contributed by atoms with E-state index in [1.54, 1.807) is 18.2 Å². The molecule has 0 saturated carbocycles. The molecule has 7 nitrogen and oxygen atoms in total. The van der Waals surface area contributed by atoms with Crippen LogP contribution in [0.1, 0.15) is 28.2 Å². The predicted molar refractivity (Wildman–Crippen MR) is 108 cm³/mol. The van der Waals surface area contributed by atoms with Gasteiger partial charge >= 0.3 is 0 Å². The quantitative estimate of drug-likeness (QED) is 0.647. The Hall–Kier alpha value is -3.27. The minimum Gasteiger partial charge on any atom is -0.319 e. The molecule has 0 aliphatic heterocycles. The van der Waals surface area contributed by atoms with E-state index >= 15 is 0 Å². The maximum atomic E-state index is 13.7. The normalized spacial score (nSPS) is 13.2. The molecule has 1 aliphatic carbocycles. The first-order valence-electron chi connectivity index (χ1n) is 9.17. The SMILES string of the molecule is CS(=O)(=O)Nc1ccccc1NC(=O)c1nn(-c2ccc(F)c(F)c2)c2c1CCC2. The third-order valence-corrected chi connectivity index (χ3v) is 5.35. The lowest BCUT2D eigenvalue weighted by Crippen LogP contribution is -2.17. The van der Waals surface area contributed by atoms with Gasteiger partial charge in [-0.3, -0.25) is 9.52 Å². The molecule has 0 bridgehead atoms. The first-order chi connectivity index (χ1) is 14.2. The Kier molecular flexibility index (Phi) is 5.02. The van der Waals surface area contributed by atoms with Crippen LogP contribution in [0.3, 0.4) is 0 Å². The molecule has 2 N–H and O–H groups in total. The Morgan fingerprint density at radius 1 is 1.07 bits per heavy atom. The lowest BCUT2D eigenvalue weighted by molar-refractivity contribution is 0.102. The number of amides is 1. The summed E-state index contributed by atoms with van der Waals surface area (Å²) in [6.45, 7) is 0. The van der Waals surface area contributed by atoms with Crippen molar-refractivity contribution in [2.24, 2.45) is 0 Å². The number of carbonyl (C=O) groups excluding carboxylic acids is 1. The number of anilines is 2. The number of fused-ring (bicyclic) bond motifs is 1. The average molecular weight is 432 g/mol. The second-order valence-corrected chi connectivity index (χ2v) is 8.76. The average Bonchev–Trinajstić information content (AvgIpc) is 3.27. The molecule has 0 spiro atoms. The smallest absolute Gasteiger partial charge is 0.276 e. The number of benzene rings is 2. The molecule has 1 amide bonds. The van der Waals surface area contributed by atoms with Crippen LogP contribution >= 0.6 is 0 Å². The van der Waals surface area contributed by atoms with Crippen molar-refractivity contribution in [2.75, 3.05) is 16.3 Å². The van der Waals surface area contributed by atoms with Crippen molar-refractivity contribution in [3.05, 3.63) is 71.1 Å². The van der Waals surface area contributed by atoms with E-state index in [1.807, 2.05) is 0 Å². The molecule has 10 heteroatoms. The van der Waals surface area contributed by atoms with Crippen LogP contribution in [-0.4, -0.2) is 30.4 Å². The molecular weight excluding hydrogens is 414 g/mol. The number of nitrogens with zero attached hydrogens (tertiary/aromatic N) is 2. The van der Waals surface area contributed by atoms with Gasteiger partial charge in [-0.2, -0.15) is 5.10 Å². The largest absolute Gasteiger partial charge is 0.319 e. The Bertz CT molecular complexity index is 1250. The van der Waals surface area contributed by atoms with Crippen LogP contribution in [0.5, 0.6) is 0 Å². The third-order valence-electron chi connectivity index (χ3n) is 4.76. The van der Waals surface area contributed by atoms with E-state index in [1.165, 1.54) is 16.8 Å². The van der Waals surface area contributed by atoms with E-state index in [9.17, 15) is 22.0 Å². The number of aromatic nitrogens is 2. The zero-order chi connectivity index (χ0) is 21.5. The summed E-state index contributed by atoms with van der Waals surface area (Å²) >= 11 is 0. The van der Waals surface area contributed by atoms with Crippen LogP contribution < -0.4 is 10.0 Å². The van der Waals surface area contributed by atoms with Crippen LogP contribution in [0.2, 0.25) is 0 Å². The molecule has 4 rings (SSSR count). The number of para-hydroxylation sites is 2. The van der Waals surface area contributed by atoms with Gasteiger partial charge in [-0.1, -0.05) is 12.1 Å². The zero-order valence-corrected chi connectivity index (χ0v) is 16.8. The van der Waals surface area contributed by atoms with Gasteiger partial charge in [-0.05, 0) is 43.5 Å². The Labute approximate surface area is 171 Å². The third kappa shape index (κ3) is 3.90. The van der Waals surface area contributed by atoms with Crippen LogP contribution in [0.25, 0.3) is 5.69 Å². The fraction of sp³-hybridized carbons (Fsp3) is 0.200. The monoisotopic (exact) mass is 432 g/mol. The first kappa shape index (κ1) is 20.0. The number of nitrogens with one attached hydrogen (secondary N) is 2. The summed E-state index contributed by atoms with van der Waals surface area (Å²) in [5, 5.41) is 7.04. The van der Waals surface area contributed by atoms with Gasteiger partial charge in [-0.15, -0.1) is 0 Å². The van der Waals surface area contributed by atoms with E-state index in [2.05, 4.69) is 15.1 Å². The molecular formula is C20H18F2N4O3S. The minimum absolute atomic E-state index is 0.168. The van der Waals surface area contributed by atoms with Gasteiger partial charge in [0.2, 0.25) is 10.0 Å². The molecule has 1 aliphatic rings. The van der Waals surface area contributed by atoms with E-state index in [0.717, 1.165) is 36.1 Å².